The van der Waals surface area contributed by atoms with Gasteiger partial charge in [-0.2, -0.15) is 0 Å². The van der Waals surface area contributed by atoms with Crippen molar-refractivity contribution in [3.63, 3.8) is 0 Å². The van der Waals surface area contributed by atoms with Gasteiger partial charge in [0, 0.05) is 33.6 Å². The van der Waals surface area contributed by atoms with Gasteiger partial charge in [0.05, 0.1) is 0 Å². The Hall–Kier alpha value is -1.09. The second kappa shape index (κ2) is 4.30. The molecule has 0 spiro atoms. The number of H-pyrrole nitrogens is 1. The van der Waals surface area contributed by atoms with E-state index in [-0.39, 0.29) is 11.2 Å². The normalized spacial score (nSPS) is 12.0. The number of aromatic nitrogens is 1. The van der Waals surface area contributed by atoms with Crippen molar-refractivity contribution in [2.75, 3.05) is 0 Å². The summed E-state index contributed by atoms with van der Waals surface area (Å²) in [5.41, 5.74) is 1.81. The first-order chi connectivity index (χ1) is 7.87. The van der Waals surface area contributed by atoms with Crippen LogP contribution in [0.25, 0.3) is 10.9 Å². The van der Waals surface area contributed by atoms with Crippen molar-refractivity contribution >= 4 is 32.6 Å². The fourth-order valence-electron chi connectivity index (χ4n) is 1.91. The largest absolute Gasteiger partial charge is 0.360 e. The quantitative estimate of drug-likeness (QED) is 0.810. The minimum Gasteiger partial charge on any atom is -0.360 e. The van der Waals surface area contributed by atoms with Crippen LogP contribution in [0.15, 0.2) is 28.9 Å². The molecular formula is C14H16BrNO. The molecule has 1 aromatic heterocycles. The van der Waals surface area contributed by atoms with Crippen molar-refractivity contribution in [3.8, 4) is 0 Å². The first kappa shape index (κ1) is 12.4. The summed E-state index contributed by atoms with van der Waals surface area (Å²) >= 11 is 3.42. The Morgan fingerprint density at radius 3 is 2.71 bits per heavy atom. The highest BCUT2D eigenvalue weighted by Gasteiger charge is 2.19. The van der Waals surface area contributed by atoms with E-state index in [2.05, 4.69) is 41.7 Å². The third-order valence-electron chi connectivity index (χ3n) is 2.64. The van der Waals surface area contributed by atoms with Gasteiger partial charge in [-0.05, 0) is 17.5 Å². The molecule has 90 valence electrons. The molecule has 0 bridgehead atoms. The second-order valence-corrected chi connectivity index (χ2v) is 6.47. The molecule has 2 rings (SSSR count). The van der Waals surface area contributed by atoms with Gasteiger partial charge in [0.1, 0.15) is 0 Å². The van der Waals surface area contributed by atoms with Gasteiger partial charge in [-0.25, -0.2) is 0 Å². The van der Waals surface area contributed by atoms with E-state index in [1.165, 1.54) is 0 Å². The monoisotopic (exact) mass is 293 g/mol. The number of aromatic amines is 1. The molecule has 0 amide bonds. The minimum absolute atomic E-state index is 0.0238. The number of Topliss-reactive ketones (excluding diaryl/α,β-unsaturated/α-hetero) is 1. The van der Waals surface area contributed by atoms with Gasteiger partial charge in [-0.15, -0.1) is 0 Å². The highest BCUT2D eigenvalue weighted by Crippen LogP contribution is 2.27. The molecule has 1 N–H and O–H groups in total. The minimum atomic E-state index is 0.0238. The van der Waals surface area contributed by atoms with Crippen LogP contribution in [0.1, 0.15) is 37.6 Å². The zero-order chi connectivity index (χ0) is 12.6. The third-order valence-corrected chi connectivity index (χ3v) is 3.13. The third kappa shape index (κ3) is 2.78. The summed E-state index contributed by atoms with van der Waals surface area (Å²) in [6.45, 7) is 6.24. The zero-order valence-electron chi connectivity index (χ0n) is 10.3. The molecule has 0 fully saturated rings. The maximum atomic E-state index is 12.2. The van der Waals surface area contributed by atoms with Crippen LogP contribution >= 0.6 is 15.9 Å². The van der Waals surface area contributed by atoms with Crippen LogP contribution in [0.2, 0.25) is 0 Å². The van der Waals surface area contributed by atoms with E-state index < -0.39 is 0 Å². The first-order valence-corrected chi connectivity index (χ1v) is 6.46. The number of ketones is 1. The van der Waals surface area contributed by atoms with E-state index in [0.717, 1.165) is 20.9 Å². The van der Waals surface area contributed by atoms with Gasteiger partial charge in [0.25, 0.3) is 0 Å². The lowest BCUT2D eigenvalue weighted by molar-refractivity contribution is 0.0941. The van der Waals surface area contributed by atoms with Gasteiger partial charge in [0.2, 0.25) is 0 Å². The van der Waals surface area contributed by atoms with Crippen LogP contribution in [0.3, 0.4) is 0 Å². The summed E-state index contributed by atoms with van der Waals surface area (Å²) in [4.78, 5) is 15.3. The number of nitrogens with one attached hydrogen (secondary N) is 1. The molecule has 0 saturated carbocycles. The van der Waals surface area contributed by atoms with Crippen LogP contribution in [0, 0.1) is 5.41 Å². The molecule has 2 nitrogen and oxygen atoms in total. The highest BCUT2D eigenvalue weighted by molar-refractivity contribution is 9.10. The van der Waals surface area contributed by atoms with Crippen LogP contribution < -0.4 is 0 Å². The van der Waals surface area contributed by atoms with Gasteiger partial charge in [-0.1, -0.05) is 42.8 Å². The van der Waals surface area contributed by atoms with Gasteiger partial charge >= 0.3 is 0 Å². The topological polar surface area (TPSA) is 32.9 Å². The Morgan fingerprint density at radius 1 is 1.35 bits per heavy atom. The summed E-state index contributed by atoms with van der Waals surface area (Å²) in [6.07, 6.45) is 2.38. The average molecular weight is 294 g/mol. The molecule has 1 heterocycles. The molecule has 0 atom stereocenters. The molecule has 0 aliphatic carbocycles. The van der Waals surface area contributed by atoms with Crippen LogP contribution in [-0.4, -0.2) is 10.8 Å². The summed E-state index contributed by atoms with van der Waals surface area (Å²) in [5.74, 6) is 0.200. The van der Waals surface area contributed by atoms with Crippen molar-refractivity contribution in [1.82, 2.24) is 4.98 Å². The number of halogens is 1. The number of rotatable bonds is 2. The van der Waals surface area contributed by atoms with Crippen molar-refractivity contribution < 1.29 is 4.79 Å². The Kier molecular flexibility index (Phi) is 3.13. The molecule has 0 saturated heterocycles. The Bertz CT molecular complexity index is 563. The summed E-state index contributed by atoms with van der Waals surface area (Å²) in [5, 5.41) is 1.00. The maximum absolute atomic E-state index is 12.2. The van der Waals surface area contributed by atoms with E-state index in [1.54, 1.807) is 0 Å². The van der Waals surface area contributed by atoms with Gasteiger partial charge < -0.3 is 4.98 Å². The van der Waals surface area contributed by atoms with E-state index in [1.807, 2.05) is 24.4 Å². The molecule has 3 heteroatoms. The number of hydrogen-bond acceptors (Lipinski definition) is 1. The van der Waals surface area contributed by atoms with Crippen molar-refractivity contribution in [1.29, 1.82) is 0 Å². The lowest BCUT2D eigenvalue weighted by Crippen LogP contribution is -2.12. The second-order valence-electron chi connectivity index (χ2n) is 5.55. The molecule has 2 aromatic rings. The number of hydrogen-bond donors (Lipinski definition) is 1. The number of benzene rings is 1. The molecule has 0 radical (unpaired) electrons. The lowest BCUT2D eigenvalue weighted by atomic mass is 9.88. The molecule has 1 aromatic carbocycles. The number of carbonyl (C=O) groups is 1. The van der Waals surface area contributed by atoms with Crippen LogP contribution in [0.5, 0.6) is 0 Å². The molecule has 0 unspecified atom stereocenters. The summed E-state index contributed by atoms with van der Waals surface area (Å²) < 4.78 is 1.02. The zero-order valence-corrected chi connectivity index (χ0v) is 11.9. The maximum Gasteiger partial charge on any atom is 0.165 e. The first-order valence-electron chi connectivity index (χ1n) is 5.67. The standard InChI is InChI=1S/C14H16BrNO/c1-14(2,3)7-13(17)11-8-16-12-6-9(15)4-5-10(11)12/h4-6,8,16H,7H2,1-3H3. The Labute approximate surface area is 110 Å². The fourth-order valence-corrected chi connectivity index (χ4v) is 2.27. The molecule has 0 aliphatic heterocycles. The highest BCUT2D eigenvalue weighted by atomic mass is 79.9. The SMILES string of the molecule is CC(C)(C)CC(=O)c1c[nH]c2cc(Br)ccc12. The van der Waals surface area contributed by atoms with Crippen LogP contribution in [-0.2, 0) is 0 Å². The van der Waals surface area contributed by atoms with Gasteiger partial charge in [-0.3, -0.25) is 4.79 Å². The average Bonchev–Trinajstić information content (AvgIpc) is 2.57. The lowest BCUT2D eigenvalue weighted by Gasteiger charge is -2.16. The predicted molar refractivity (Wildman–Crippen MR) is 74.4 cm³/mol. The number of fused-ring (bicyclic) bond motifs is 1. The van der Waals surface area contributed by atoms with Crippen LogP contribution in [0.4, 0.5) is 0 Å². The fraction of sp³-hybridized carbons (Fsp3) is 0.357. The predicted octanol–water partition coefficient (Wildman–Crippen LogP) is 4.55. The molecule has 17 heavy (non-hydrogen) atoms. The number of carbonyl (C=O) groups excluding carboxylic acids is 1. The Balaban J connectivity index is 2.40. The van der Waals surface area contributed by atoms with Crippen molar-refractivity contribution in [3.05, 3.63) is 34.4 Å². The van der Waals surface area contributed by atoms with Crippen molar-refractivity contribution in [2.24, 2.45) is 5.41 Å². The summed E-state index contributed by atoms with van der Waals surface area (Å²) in [7, 11) is 0. The van der Waals surface area contributed by atoms with E-state index in [0.29, 0.717) is 6.42 Å². The van der Waals surface area contributed by atoms with E-state index in [4.69, 9.17) is 0 Å². The summed E-state index contributed by atoms with van der Waals surface area (Å²) in [6, 6.07) is 5.93. The Morgan fingerprint density at radius 2 is 2.06 bits per heavy atom. The molecule has 0 aliphatic rings. The van der Waals surface area contributed by atoms with Gasteiger partial charge in [0.15, 0.2) is 5.78 Å². The van der Waals surface area contributed by atoms with E-state index >= 15 is 0 Å². The molecular weight excluding hydrogens is 278 g/mol. The van der Waals surface area contributed by atoms with E-state index in [9.17, 15) is 4.79 Å². The van der Waals surface area contributed by atoms with Crippen molar-refractivity contribution in [2.45, 2.75) is 27.2 Å². The smallest absolute Gasteiger partial charge is 0.165 e.